The first kappa shape index (κ1) is 36.6. The Morgan fingerprint density at radius 3 is 2.14 bits per heavy atom. The summed E-state index contributed by atoms with van der Waals surface area (Å²) in [5.41, 5.74) is 20.3. The lowest BCUT2D eigenvalue weighted by atomic mass is 9.96. The van der Waals surface area contributed by atoms with E-state index in [1.807, 2.05) is 47.1 Å². The average Bonchev–Trinajstić information content (AvgIpc) is 3.07. The van der Waals surface area contributed by atoms with Crippen LogP contribution in [0, 0.1) is 12.8 Å². The number of nitrogens with two attached hydrogens (primary N) is 3. The number of hydrogen-bond acceptors (Lipinski definition) is 12. The van der Waals surface area contributed by atoms with Crippen molar-refractivity contribution in [3.63, 3.8) is 0 Å². The number of aromatic hydroxyl groups is 1. The number of phenolic OH excluding ortho intramolecular Hbond substituents is 1. The summed E-state index contributed by atoms with van der Waals surface area (Å²) in [7, 11) is -4.06. The molecule has 2 atom stereocenters. The molecule has 8 N–H and O–H groups in total. The standard InChI is InChI=1S/C34H42N10O4S.ClH/c1-22-7-10-28(11-8-22)49(47,48)44(19-23-5-3-2-4-6-23)29-12-9-27(18-30(29)45)38-32-39-33(42-15-13-24(14-16-42)31(37)46)41-34(40-32)43-20-25(35)17-26(36)21-43;/h2-12,18,24-26,45H,13-17,19-21,35-36H2,1H3,(H2,37,46)(H,38,39,40,41);1H/t25-,26+;. The summed E-state index contributed by atoms with van der Waals surface area (Å²) in [6.07, 6.45) is 1.85. The van der Waals surface area contributed by atoms with Crippen LogP contribution in [-0.2, 0) is 21.4 Å². The highest BCUT2D eigenvalue weighted by atomic mass is 35.5. The van der Waals surface area contributed by atoms with Crippen LogP contribution in [0.4, 0.5) is 29.2 Å². The van der Waals surface area contributed by atoms with Crippen LogP contribution >= 0.6 is 12.4 Å². The van der Waals surface area contributed by atoms with Gasteiger partial charge in [0.15, 0.2) is 0 Å². The zero-order chi connectivity index (χ0) is 34.7. The van der Waals surface area contributed by atoms with Gasteiger partial charge in [0.2, 0.25) is 23.8 Å². The maximum absolute atomic E-state index is 14.0. The van der Waals surface area contributed by atoms with Gasteiger partial charge in [-0.3, -0.25) is 9.10 Å². The van der Waals surface area contributed by atoms with E-state index in [4.69, 9.17) is 22.2 Å². The zero-order valence-electron chi connectivity index (χ0n) is 27.7. The number of primary amides is 1. The van der Waals surface area contributed by atoms with Crippen molar-refractivity contribution in [1.82, 2.24) is 15.0 Å². The van der Waals surface area contributed by atoms with Crippen molar-refractivity contribution in [3.8, 4) is 5.75 Å². The normalized spacial score (nSPS) is 18.3. The van der Waals surface area contributed by atoms with Crippen molar-refractivity contribution < 1.29 is 18.3 Å². The first-order chi connectivity index (χ1) is 23.5. The summed E-state index contributed by atoms with van der Waals surface area (Å²) >= 11 is 0. The van der Waals surface area contributed by atoms with Gasteiger partial charge in [-0.1, -0.05) is 48.0 Å². The molecule has 0 unspecified atom stereocenters. The van der Waals surface area contributed by atoms with Crippen LogP contribution in [-0.4, -0.2) is 72.6 Å². The first-order valence-electron chi connectivity index (χ1n) is 16.3. The third-order valence-corrected chi connectivity index (χ3v) is 10.6. The van der Waals surface area contributed by atoms with Crippen LogP contribution in [0.15, 0.2) is 77.7 Å². The second-order valence-corrected chi connectivity index (χ2v) is 14.6. The maximum atomic E-state index is 14.0. The lowest BCUT2D eigenvalue weighted by Gasteiger charge is -2.35. The average molecular weight is 723 g/mol. The second kappa shape index (κ2) is 15.5. The number of halogens is 1. The van der Waals surface area contributed by atoms with Crippen molar-refractivity contribution in [2.45, 2.75) is 49.7 Å². The number of nitrogens with one attached hydrogen (secondary N) is 1. The molecule has 4 aromatic rings. The van der Waals surface area contributed by atoms with E-state index in [-0.39, 0.29) is 65.1 Å². The SMILES string of the molecule is Cc1ccc(S(=O)(=O)N(Cc2ccccc2)c2ccc(Nc3nc(N4CCC(C(N)=O)CC4)nc(N4C[C@H](N)C[C@H](N)C4)n3)cc2O)cc1.Cl. The van der Waals surface area contributed by atoms with Crippen molar-refractivity contribution in [2.75, 3.05) is 45.6 Å². The third kappa shape index (κ3) is 8.35. The second-order valence-electron chi connectivity index (χ2n) is 12.7. The Morgan fingerprint density at radius 2 is 1.54 bits per heavy atom. The molecule has 3 aromatic carbocycles. The molecule has 2 aliphatic heterocycles. The van der Waals surface area contributed by atoms with Crippen LogP contribution in [0.25, 0.3) is 0 Å². The van der Waals surface area contributed by atoms with Gasteiger partial charge in [-0.2, -0.15) is 15.0 Å². The number of carbonyl (C=O) groups excluding carboxylic acids is 1. The molecule has 1 aromatic heterocycles. The quantitative estimate of drug-likeness (QED) is 0.160. The molecule has 0 bridgehead atoms. The molecule has 0 aliphatic carbocycles. The number of phenols is 1. The van der Waals surface area contributed by atoms with Gasteiger partial charge in [-0.25, -0.2) is 8.42 Å². The van der Waals surface area contributed by atoms with Crippen LogP contribution in [0.1, 0.15) is 30.4 Å². The molecule has 2 saturated heterocycles. The van der Waals surface area contributed by atoms with Crippen LogP contribution < -0.4 is 36.6 Å². The Balaban J connectivity index is 0.00000486. The van der Waals surface area contributed by atoms with Gasteiger partial charge in [0.1, 0.15) is 5.75 Å². The molecule has 0 saturated carbocycles. The Labute approximate surface area is 298 Å². The number of benzene rings is 3. The van der Waals surface area contributed by atoms with Gasteiger partial charge >= 0.3 is 0 Å². The fourth-order valence-electron chi connectivity index (χ4n) is 6.23. The number of anilines is 5. The summed E-state index contributed by atoms with van der Waals surface area (Å²) in [6.45, 7) is 4.00. The molecule has 266 valence electrons. The highest BCUT2D eigenvalue weighted by Crippen LogP contribution is 2.36. The number of aryl methyl sites for hydroxylation is 1. The Morgan fingerprint density at radius 1 is 0.920 bits per heavy atom. The summed E-state index contributed by atoms with van der Waals surface area (Å²) in [4.78, 5) is 29.9. The maximum Gasteiger partial charge on any atom is 0.264 e. The van der Waals surface area contributed by atoms with Gasteiger partial charge < -0.3 is 37.4 Å². The molecule has 2 aliphatic rings. The number of amides is 1. The van der Waals surface area contributed by atoms with E-state index in [2.05, 4.69) is 15.3 Å². The number of carbonyl (C=O) groups is 1. The Hall–Kier alpha value is -4.70. The molecule has 6 rings (SSSR count). The summed E-state index contributed by atoms with van der Waals surface area (Å²) in [5.74, 6) is 0.257. The predicted octanol–water partition coefficient (Wildman–Crippen LogP) is 3.01. The third-order valence-electron chi connectivity index (χ3n) is 8.87. The predicted molar refractivity (Wildman–Crippen MR) is 196 cm³/mol. The van der Waals surface area contributed by atoms with E-state index in [0.717, 1.165) is 11.1 Å². The number of rotatable bonds is 10. The van der Waals surface area contributed by atoms with Crippen molar-refractivity contribution in [2.24, 2.45) is 23.1 Å². The minimum atomic E-state index is -4.06. The van der Waals surface area contributed by atoms with E-state index in [0.29, 0.717) is 63.0 Å². The number of nitrogens with zero attached hydrogens (tertiary/aromatic N) is 6. The molecule has 50 heavy (non-hydrogen) atoms. The molecule has 14 nitrogen and oxygen atoms in total. The van der Waals surface area contributed by atoms with E-state index in [9.17, 15) is 18.3 Å². The van der Waals surface area contributed by atoms with E-state index >= 15 is 0 Å². The van der Waals surface area contributed by atoms with Crippen molar-refractivity contribution in [3.05, 3.63) is 83.9 Å². The van der Waals surface area contributed by atoms with Gasteiger partial charge in [0.25, 0.3) is 10.0 Å². The number of sulfonamides is 1. The topological polar surface area (TPSA) is 210 Å². The van der Waals surface area contributed by atoms with Gasteiger partial charge in [-0.05, 0) is 56.0 Å². The fraction of sp³-hybridized carbons (Fsp3) is 0.353. The molecule has 0 radical (unpaired) electrons. The number of hydrogen-bond donors (Lipinski definition) is 5. The number of aromatic nitrogens is 3. The monoisotopic (exact) mass is 722 g/mol. The molecule has 3 heterocycles. The van der Waals surface area contributed by atoms with E-state index in [1.165, 1.54) is 10.4 Å². The zero-order valence-corrected chi connectivity index (χ0v) is 29.4. The van der Waals surface area contributed by atoms with Gasteiger partial charge in [-0.15, -0.1) is 12.4 Å². The van der Waals surface area contributed by atoms with E-state index < -0.39 is 10.0 Å². The molecular formula is C34H43ClN10O4S. The van der Waals surface area contributed by atoms with E-state index in [1.54, 1.807) is 36.4 Å². The van der Waals surface area contributed by atoms with Crippen molar-refractivity contribution in [1.29, 1.82) is 0 Å². The van der Waals surface area contributed by atoms with Gasteiger partial charge in [0.05, 0.1) is 17.1 Å². The van der Waals surface area contributed by atoms with Crippen LogP contribution in [0.3, 0.4) is 0 Å². The molecule has 0 spiro atoms. The highest BCUT2D eigenvalue weighted by molar-refractivity contribution is 7.92. The lowest BCUT2D eigenvalue weighted by molar-refractivity contribution is -0.122. The first-order valence-corrected chi connectivity index (χ1v) is 17.7. The minimum Gasteiger partial charge on any atom is -0.506 e. The fourth-order valence-corrected chi connectivity index (χ4v) is 7.69. The number of piperidine rings is 2. The molecule has 1 amide bonds. The Bertz CT molecular complexity index is 1880. The molecule has 2 fully saturated rings. The smallest absolute Gasteiger partial charge is 0.264 e. The minimum absolute atomic E-state index is 0. The molecular weight excluding hydrogens is 680 g/mol. The summed E-state index contributed by atoms with van der Waals surface area (Å²) in [5, 5.41) is 14.5. The highest BCUT2D eigenvalue weighted by Gasteiger charge is 2.30. The lowest BCUT2D eigenvalue weighted by Crippen LogP contribution is -2.53. The Kier molecular flexibility index (Phi) is 11.3. The summed E-state index contributed by atoms with van der Waals surface area (Å²) in [6, 6.07) is 20.1. The van der Waals surface area contributed by atoms with Crippen LogP contribution in [0.2, 0.25) is 0 Å². The van der Waals surface area contributed by atoms with Gasteiger partial charge in [0, 0.05) is 55.9 Å². The largest absolute Gasteiger partial charge is 0.506 e. The summed E-state index contributed by atoms with van der Waals surface area (Å²) < 4.78 is 29.1. The molecule has 16 heteroatoms. The van der Waals surface area contributed by atoms with Crippen molar-refractivity contribution >= 4 is 57.6 Å². The van der Waals surface area contributed by atoms with Crippen LogP contribution in [0.5, 0.6) is 5.75 Å².